The molecule has 246 valence electrons. The van der Waals surface area contributed by atoms with Crippen molar-refractivity contribution in [2.45, 2.75) is 12.1 Å². The van der Waals surface area contributed by atoms with Gasteiger partial charge in [0.25, 0.3) is 0 Å². The van der Waals surface area contributed by atoms with Crippen LogP contribution in [0.15, 0.2) is 60.7 Å². The number of benzene rings is 2. The summed E-state index contributed by atoms with van der Waals surface area (Å²) in [6.45, 7) is 2.30. The first-order chi connectivity index (χ1) is 22.3. The van der Waals surface area contributed by atoms with E-state index in [1.54, 1.807) is 79.1 Å². The van der Waals surface area contributed by atoms with Crippen LogP contribution in [0.1, 0.15) is 11.1 Å². The van der Waals surface area contributed by atoms with Crippen LogP contribution >= 0.6 is 0 Å². The van der Waals surface area contributed by atoms with Crippen molar-refractivity contribution in [3.05, 3.63) is 71.8 Å². The molecule has 2 aromatic rings. The number of rotatable bonds is 12. The lowest BCUT2D eigenvalue weighted by Gasteiger charge is -2.43. The van der Waals surface area contributed by atoms with E-state index in [4.69, 9.17) is 28.4 Å². The van der Waals surface area contributed by atoms with E-state index in [0.29, 0.717) is 60.7 Å². The Morgan fingerprint density at radius 3 is 1.24 bits per heavy atom. The highest BCUT2D eigenvalue weighted by Gasteiger charge is 2.44. The minimum absolute atomic E-state index is 0.0873. The number of hydrogen-bond donors (Lipinski definition) is 0. The number of piperazine rings is 1. The normalized spacial score (nSPS) is 18.5. The van der Waals surface area contributed by atoms with E-state index in [-0.39, 0.29) is 23.9 Å². The first kappa shape index (κ1) is 34.0. The van der Waals surface area contributed by atoms with Crippen LogP contribution in [0.5, 0.6) is 34.5 Å². The van der Waals surface area contributed by atoms with Gasteiger partial charge in [0.2, 0.25) is 23.3 Å². The van der Waals surface area contributed by atoms with Gasteiger partial charge in [-0.2, -0.15) is 0 Å². The second-order valence-electron chi connectivity index (χ2n) is 10.8. The summed E-state index contributed by atoms with van der Waals surface area (Å²) in [5, 5.41) is 0. The SMILES string of the molecule is COc1cc(/C=C/C=C/C(=O)N2CCN(C(=O)/C=C/C=C/c3cc(OC)c(OC)c(OC)c3)C3CN(C)CC32)cc(OC)c1OC. The topological polar surface area (TPSA) is 99.2 Å². The Balaban J connectivity index is 1.40. The summed E-state index contributed by atoms with van der Waals surface area (Å²) in [6.07, 6.45) is 13.9. The zero-order chi connectivity index (χ0) is 33.2. The van der Waals surface area contributed by atoms with Crippen LogP contribution in [0, 0.1) is 0 Å². The monoisotopic (exact) mass is 633 g/mol. The predicted octanol–water partition coefficient (Wildman–Crippen LogP) is 3.93. The van der Waals surface area contributed by atoms with Crippen molar-refractivity contribution in [3.63, 3.8) is 0 Å². The van der Waals surface area contributed by atoms with Crippen LogP contribution in [-0.2, 0) is 9.59 Å². The van der Waals surface area contributed by atoms with Gasteiger partial charge in [0.15, 0.2) is 23.0 Å². The molecule has 0 saturated carbocycles. The summed E-state index contributed by atoms with van der Waals surface area (Å²) in [6, 6.07) is 7.14. The molecule has 0 aliphatic carbocycles. The van der Waals surface area contributed by atoms with Crippen LogP contribution in [0.2, 0.25) is 0 Å². The molecule has 2 fully saturated rings. The number of hydrogen-bond acceptors (Lipinski definition) is 9. The van der Waals surface area contributed by atoms with Crippen LogP contribution in [-0.4, -0.2) is 114 Å². The van der Waals surface area contributed by atoms with E-state index >= 15 is 0 Å². The molecule has 2 aliphatic heterocycles. The van der Waals surface area contributed by atoms with E-state index in [1.165, 1.54) is 0 Å². The average Bonchev–Trinajstić information content (AvgIpc) is 3.47. The zero-order valence-corrected chi connectivity index (χ0v) is 27.5. The molecule has 2 unspecified atom stereocenters. The third-order valence-electron chi connectivity index (χ3n) is 8.04. The number of nitrogens with zero attached hydrogens (tertiary/aromatic N) is 3. The third-order valence-corrected chi connectivity index (χ3v) is 8.04. The number of fused-ring (bicyclic) bond motifs is 1. The Morgan fingerprint density at radius 1 is 0.587 bits per heavy atom. The Hall–Kier alpha value is -4.90. The number of ether oxygens (including phenoxy) is 6. The fourth-order valence-corrected chi connectivity index (χ4v) is 5.86. The van der Waals surface area contributed by atoms with Gasteiger partial charge in [-0.1, -0.05) is 36.5 Å². The molecule has 2 heterocycles. The van der Waals surface area contributed by atoms with E-state index in [9.17, 15) is 9.59 Å². The second-order valence-corrected chi connectivity index (χ2v) is 10.8. The first-order valence-electron chi connectivity index (χ1n) is 14.9. The summed E-state index contributed by atoms with van der Waals surface area (Å²) in [5.41, 5.74) is 1.67. The minimum atomic E-state index is -0.0953. The summed E-state index contributed by atoms with van der Waals surface area (Å²) in [7, 11) is 11.4. The zero-order valence-electron chi connectivity index (χ0n) is 27.5. The molecule has 11 heteroatoms. The number of likely N-dealkylation sites (N-methyl/N-ethyl adjacent to an activating group) is 1. The maximum Gasteiger partial charge on any atom is 0.246 e. The first-order valence-corrected chi connectivity index (χ1v) is 14.9. The molecule has 11 nitrogen and oxygen atoms in total. The van der Waals surface area contributed by atoms with Gasteiger partial charge >= 0.3 is 0 Å². The standard InChI is InChI=1S/C35H43N3O8/c1-36-22-26-27(23-36)38(33(40)15-11-9-13-25-20-30(43-4)35(46-7)31(21-25)44-5)17-16-37(26)32(39)14-10-8-12-24-18-28(41-2)34(45-6)29(19-24)42-3/h8-15,18-21,26-27H,16-17,22-23H2,1-7H3/b12-8+,13-9+,14-10+,15-11+. The van der Waals surface area contributed by atoms with Gasteiger partial charge in [-0.05, 0) is 42.4 Å². The molecule has 2 amide bonds. The predicted molar refractivity (Wildman–Crippen MR) is 177 cm³/mol. The van der Waals surface area contributed by atoms with Crippen LogP contribution in [0.4, 0.5) is 0 Å². The Morgan fingerprint density at radius 2 is 0.935 bits per heavy atom. The van der Waals surface area contributed by atoms with E-state index in [2.05, 4.69) is 4.90 Å². The van der Waals surface area contributed by atoms with Crippen molar-refractivity contribution in [2.24, 2.45) is 0 Å². The number of carbonyl (C=O) groups excluding carboxylic acids is 2. The van der Waals surface area contributed by atoms with Crippen molar-refractivity contribution in [2.75, 3.05) is 75.9 Å². The molecule has 0 aromatic heterocycles. The highest BCUT2D eigenvalue weighted by atomic mass is 16.5. The largest absolute Gasteiger partial charge is 0.493 e. The van der Waals surface area contributed by atoms with E-state index in [0.717, 1.165) is 11.1 Å². The van der Waals surface area contributed by atoms with Crippen molar-refractivity contribution in [3.8, 4) is 34.5 Å². The number of carbonyl (C=O) groups is 2. The van der Waals surface area contributed by atoms with E-state index < -0.39 is 0 Å². The Kier molecular flexibility index (Phi) is 11.7. The Bertz CT molecular complexity index is 1350. The molecule has 2 saturated heterocycles. The van der Waals surface area contributed by atoms with Crippen molar-refractivity contribution in [1.82, 2.24) is 14.7 Å². The lowest BCUT2D eigenvalue weighted by atomic mass is 10.0. The summed E-state index contributed by atoms with van der Waals surface area (Å²) >= 11 is 0. The van der Waals surface area contributed by atoms with Gasteiger partial charge in [-0.3, -0.25) is 9.59 Å². The van der Waals surface area contributed by atoms with Gasteiger partial charge in [0, 0.05) is 38.3 Å². The summed E-state index contributed by atoms with van der Waals surface area (Å²) in [4.78, 5) is 32.4. The molecule has 0 spiro atoms. The number of allylic oxidation sites excluding steroid dienone is 4. The number of likely N-dealkylation sites (tertiary alicyclic amines) is 1. The molecular weight excluding hydrogens is 590 g/mol. The van der Waals surface area contributed by atoms with Crippen LogP contribution < -0.4 is 28.4 Å². The van der Waals surface area contributed by atoms with Crippen LogP contribution in [0.3, 0.4) is 0 Å². The smallest absolute Gasteiger partial charge is 0.246 e. The molecule has 2 aliphatic rings. The Labute approximate surface area is 270 Å². The van der Waals surface area contributed by atoms with Gasteiger partial charge in [-0.15, -0.1) is 0 Å². The van der Waals surface area contributed by atoms with Gasteiger partial charge in [0.1, 0.15) is 0 Å². The average molecular weight is 634 g/mol. The fraction of sp³-hybridized carbons (Fsp3) is 0.371. The molecule has 2 atom stereocenters. The van der Waals surface area contributed by atoms with Crippen molar-refractivity contribution < 1.29 is 38.0 Å². The highest BCUT2D eigenvalue weighted by Crippen LogP contribution is 2.39. The fourth-order valence-electron chi connectivity index (χ4n) is 5.86. The number of methoxy groups -OCH3 is 6. The maximum absolute atomic E-state index is 13.3. The molecule has 2 aromatic carbocycles. The summed E-state index contributed by atoms with van der Waals surface area (Å²) < 4.78 is 32.4. The molecule has 0 N–H and O–H groups in total. The molecule has 0 bridgehead atoms. The minimum Gasteiger partial charge on any atom is -0.493 e. The van der Waals surface area contributed by atoms with Gasteiger partial charge < -0.3 is 43.1 Å². The second kappa shape index (κ2) is 15.9. The van der Waals surface area contributed by atoms with Gasteiger partial charge in [0.05, 0.1) is 54.7 Å². The third kappa shape index (κ3) is 7.66. The van der Waals surface area contributed by atoms with Crippen molar-refractivity contribution >= 4 is 24.0 Å². The molecule has 0 radical (unpaired) electrons. The molecule has 4 rings (SSSR count). The maximum atomic E-state index is 13.3. The lowest BCUT2D eigenvalue weighted by Crippen LogP contribution is -2.61. The number of amides is 2. The van der Waals surface area contributed by atoms with Crippen molar-refractivity contribution in [1.29, 1.82) is 0 Å². The van der Waals surface area contributed by atoms with Crippen LogP contribution in [0.25, 0.3) is 12.2 Å². The molecule has 46 heavy (non-hydrogen) atoms. The highest BCUT2D eigenvalue weighted by molar-refractivity contribution is 5.90. The van der Waals surface area contributed by atoms with Gasteiger partial charge in [-0.25, -0.2) is 0 Å². The quantitative estimate of drug-likeness (QED) is 0.254. The summed E-state index contributed by atoms with van der Waals surface area (Å²) in [5.74, 6) is 3.06. The lowest BCUT2D eigenvalue weighted by molar-refractivity contribution is -0.139. The molecular formula is C35H43N3O8. The van der Waals surface area contributed by atoms with E-state index in [1.807, 2.05) is 53.3 Å².